The van der Waals surface area contributed by atoms with Crippen LogP contribution in [0.25, 0.3) is 0 Å². The Morgan fingerprint density at radius 1 is 1.37 bits per heavy atom. The molecule has 0 unspecified atom stereocenters. The lowest BCUT2D eigenvalue weighted by Crippen LogP contribution is -2.39. The number of nitrogens with one attached hydrogen (secondary N) is 1. The highest BCUT2D eigenvalue weighted by molar-refractivity contribution is 14.1. The van der Waals surface area contributed by atoms with E-state index in [0.717, 1.165) is 26.4 Å². The molecule has 0 saturated heterocycles. The topological polar surface area (TPSA) is 29.1 Å². The molecule has 0 spiro atoms. The van der Waals surface area contributed by atoms with Crippen molar-refractivity contribution < 1.29 is 4.79 Å². The van der Waals surface area contributed by atoms with Crippen molar-refractivity contribution >= 4 is 44.4 Å². The van der Waals surface area contributed by atoms with E-state index in [9.17, 15) is 4.79 Å². The molecule has 1 aliphatic carbocycles. The molecule has 1 N–H and O–H groups in total. The number of hydrogen-bond acceptors (Lipinski definition) is 1. The Morgan fingerprint density at radius 3 is 2.63 bits per heavy atom. The summed E-state index contributed by atoms with van der Waals surface area (Å²) in [5.41, 5.74) is 1.20. The average molecular weight is 436 g/mol. The zero-order chi connectivity index (χ0) is 14.0. The lowest BCUT2D eigenvalue weighted by Gasteiger charge is -2.34. The highest BCUT2D eigenvalue weighted by Crippen LogP contribution is 2.35. The molecule has 0 bridgehead atoms. The minimum Gasteiger partial charge on any atom is -0.349 e. The molecule has 2 nitrogen and oxygen atoms in total. The van der Waals surface area contributed by atoms with E-state index < -0.39 is 0 Å². The molecule has 1 aromatic rings. The van der Waals surface area contributed by atoms with Crippen LogP contribution in [0, 0.1) is 8.99 Å². The van der Waals surface area contributed by atoms with Gasteiger partial charge in [-0.3, -0.25) is 4.79 Å². The van der Waals surface area contributed by atoms with E-state index in [-0.39, 0.29) is 5.91 Å². The van der Waals surface area contributed by atoms with Crippen molar-refractivity contribution in [1.29, 1.82) is 0 Å². The molecular formula is C15H19BrINO. The molecule has 1 fully saturated rings. The Morgan fingerprint density at radius 2 is 2.00 bits per heavy atom. The zero-order valence-corrected chi connectivity index (χ0v) is 15.0. The van der Waals surface area contributed by atoms with Gasteiger partial charge in [0.15, 0.2) is 0 Å². The van der Waals surface area contributed by atoms with Crippen molar-refractivity contribution in [3.05, 3.63) is 31.8 Å². The SMILES string of the molecule is CC1(C)CCC(NC(=O)c2cc(Br)ccc2I)CC1. The van der Waals surface area contributed by atoms with Gasteiger partial charge in [-0.25, -0.2) is 0 Å². The number of carbonyl (C=O) groups is 1. The van der Waals surface area contributed by atoms with Gasteiger partial charge in [0, 0.05) is 14.1 Å². The summed E-state index contributed by atoms with van der Waals surface area (Å²) in [6.45, 7) is 4.62. The van der Waals surface area contributed by atoms with Gasteiger partial charge >= 0.3 is 0 Å². The van der Waals surface area contributed by atoms with Gasteiger partial charge in [-0.05, 0) is 71.9 Å². The molecular weight excluding hydrogens is 417 g/mol. The van der Waals surface area contributed by atoms with Crippen LogP contribution >= 0.6 is 38.5 Å². The fourth-order valence-corrected chi connectivity index (χ4v) is 3.42. The molecule has 19 heavy (non-hydrogen) atoms. The van der Waals surface area contributed by atoms with E-state index >= 15 is 0 Å². The Hall–Kier alpha value is -0.100. The largest absolute Gasteiger partial charge is 0.349 e. The first kappa shape index (κ1) is 15.3. The zero-order valence-electron chi connectivity index (χ0n) is 11.3. The van der Waals surface area contributed by atoms with E-state index in [0.29, 0.717) is 11.5 Å². The monoisotopic (exact) mass is 435 g/mol. The number of benzene rings is 1. The first-order valence-electron chi connectivity index (χ1n) is 6.63. The van der Waals surface area contributed by atoms with Crippen LogP contribution in [0.4, 0.5) is 0 Å². The number of hydrogen-bond donors (Lipinski definition) is 1. The smallest absolute Gasteiger partial charge is 0.252 e. The highest BCUT2D eigenvalue weighted by atomic mass is 127. The van der Waals surface area contributed by atoms with Crippen LogP contribution < -0.4 is 5.32 Å². The quantitative estimate of drug-likeness (QED) is 0.667. The maximum Gasteiger partial charge on any atom is 0.252 e. The van der Waals surface area contributed by atoms with E-state index in [1.165, 1.54) is 12.8 Å². The second-order valence-electron chi connectivity index (χ2n) is 6.04. The first-order valence-corrected chi connectivity index (χ1v) is 8.50. The molecule has 4 heteroatoms. The summed E-state index contributed by atoms with van der Waals surface area (Å²) >= 11 is 5.63. The Balaban J connectivity index is 2.00. The van der Waals surface area contributed by atoms with Gasteiger partial charge in [0.2, 0.25) is 0 Å². The highest BCUT2D eigenvalue weighted by Gasteiger charge is 2.27. The van der Waals surface area contributed by atoms with E-state index in [1.807, 2.05) is 18.2 Å². The summed E-state index contributed by atoms with van der Waals surface area (Å²) < 4.78 is 1.94. The van der Waals surface area contributed by atoms with Crippen LogP contribution in [0.2, 0.25) is 0 Å². The molecule has 1 amide bonds. The standard InChI is InChI=1S/C15H19BrINO/c1-15(2)7-5-11(6-8-15)18-14(19)12-9-10(16)3-4-13(12)17/h3-4,9,11H,5-8H2,1-2H3,(H,18,19). The lowest BCUT2D eigenvalue weighted by atomic mass is 9.75. The van der Waals surface area contributed by atoms with Crippen LogP contribution in [0.15, 0.2) is 22.7 Å². The van der Waals surface area contributed by atoms with Gasteiger partial charge in [-0.2, -0.15) is 0 Å². The molecule has 0 atom stereocenters. The van der Waals surface area contributed by atoms with Crippen molar-refractivity contribution in [3.8, 4) is 0 Å². The summed E-state index contributed by atoms with van der Waals surface area (Å²) in [6, 6.07) is 6.14. The molecule has 0 aliphatic heterocycles. The van der Waals surface area contributed by atoms with E-state index in [2.05, 4.69) is 57.7 Å². The van der Waals surface area contributed by atoms with Gasteiger partial charge in [0.1, 0.15) is 0 Å². The Kier molecular flexibility index (Phi) is 4.93. The number of rotatable bonds is 2. The van der Waals surface area contributed by atoms with Gasteiger partial charge < -0.3 is 5.32 Å². The van der Waals surface area contributed by atoms with Crippen molar-refractivity contribution in [2.75, 3.05) is 0 Å². The summed E-state index contributed by atoms with van der Waals surface area (Å²) in [5.74, 6) is 0.0513. The Labute approximate surface area is 137 Å². The fraction of sp³-hybridized carbons (Fsp3) is 0.533. The number of carbonyl (C=O) groups excluding carboxylic acids is 1. The maximum atomic E-state index is 12.3. The van der Waals surface area contributed by atoms with Crippen molar-refractivity contribution in [3.63, 3.8) is 0 Å². The first-order chi connectivity index (χ1) is 8.87. The van der Waals surface area contributed by atoms with Crippen LogP contribution in [0.1, 0.15) is 49.9 Å². The molecule has 0 heterocycles. The molecule has 2 rings (SSSR count). The predicted octanol–water partition coefficient (Wildman–Crippen LogP) is 4.75. The third-order valence-electron chi connectivity index (χ3n) is 3.85. The predicted molar refractivity (Wildman–Crippen MR) is 90.4 cm³/mol. The average Bonchev–Trinajstić information content (AvgIpc) is 2.35. The maximum absolute atomic E-state index is 12.3. The molecule has 1 aromatic carbocycles. The van der Waals surface area contributed by atoms with Crippen LogP contribution in [-0.4, -0.2) is 11.9 Å². The summed E-state index contributed by atoms with van der Waals surface area (Å²) in [4.78, 5) is 12.3. The normalized spacial score (nSPS) is 19.2. The van der Waals surface area contributed by atoms with E-state index in [4.69, 9.17) is 0 Å². The lowest BCUT2D eigenvalue weighted by molar-refractivity contribution is 0.0908. The molecule has 1 saturated carbocycles. The fourth-order valence-electron chi connectivity index (χ4n) is 2.48. The second-order valence-corrected chi connectivity index (χ2v) is 8.11. The van der Waals surface area contributed by atoms with Crippen LogP contribution in [-0.2, 0) is 0 Å². The van der Waals surface area contributed by atoms with Gasteiger partial charge in [-0.15, -0.1) is 0 Å². The third-order valence-corrected chi connectivity index (χ3v) is 5.28. The number of halogens is 2. The third kappa shape index (κ3) is 4.18. The van der Waals surface area contributed by atoms with Crippen LogP contribution in [0.5, 0.6) is 0 Å². The van der Waals surface area contributed by atoms with Gasteiger partial charge in [0.25, 0.3) is 5.91 Å². The summed E-state index contributed by atoms with van der Waals surface area (Å²) in [7, 11) is 0. The van der Waals surface area contributed by atoms with Crippen molar-refractivity contribution in [1.82, 2.24) is 5.32 Å². The summed E-state index contributed by atoms with van der Waals surface area (Å²) in [6.07, 6.45) is 4.55. The van der Waals surface area contributed by atoms with Crippen molar-refractivity contribution in [2.45, 2.75) is 45.6 Å². The van der Waals surface area contributed by atoms with Crippen LogP contribution in [0.3, 0.4) is 0 Å². The summed E-state index contributed by atoms with van der Waals surface area (Å²) in [5, 5.41) is 3.18. The van der Waals surface area contributed by atoms with E-state index in [1.54, 1.807) is 0 Å². The minimum absolute atomic E-state index is 0.0513. The van der Waals surface area contributed by atoms with Gasteiger partial charge in [0.05, 0.1) is 5.56 Å². The van der Waals surface area contributed by atoms with Gasteiger partial charge in [-0.1, -0.05) is 29.8 Å². The number of amides is 1. The minimum atomic E-state index is 0.0513. The molecule has 104 valence electrons. The molecule has 1 aliphatic rings. The van der Waals surface area contributed by atoms with Crippen molar-refractivity contribution in [2.24, 2.45) is 5.41 Å². The Bertz CT molecular complexity index is 477. The second kappa shape index (κ2) is 6.12. The molecule has 0 radical (unpaired) electrons. The molecule has 0 aromatic heterocycles.